The molecule has 0 aliphatic carbocycles. The van der Waals surface area contributed by atoms with E-state index in [1.807, 2.05) is 42.1 Å². The van der Waals surface area contributed by atoms with Gasteiger partial charge < -0.3 is 10.2 Å². The number of piperazine rings is 1. The van der Waals surface area contributed by atoms with Gasteiger partial charge in [0, 0.05) is 13.0 Å². The fraction of sp³-hybridized carbons (Fsp3) is 0.500. The SMILES string of the molecule is CCSCCCN1C(=O)CNC(=O)C1Cc1ccccc1. The highest BCUT2D eigenvalue weighted by Crippen LogP contribution is 2.14. The summed E-state index contributed by atoms with van der Waals surface area (Å²) in [6, 6.07) is 9.49. The normalized spacial score (nSPS) is 18.7. The third-order valence-electron chi connectivity index (χ3n) is 3.58. The van der Waals surface area contributed by atoms with Crippen LogP contribution in [0.15, 0.2) is 30.3 Å². The maximum Gasteiger partial charge on any atom is 0.243 e. The molecule has 4 nitrogen and oxygen atoms in total. The standard InChI is InChI=1S/C16H22N2O2S/c1-2-21-10-6-9-18-14(16(20)17-12-15(18)19)11-13-7-4-3-5-8-13/h3-5,7-8,14H,2,6,9-12H2,1H3,(H,17,20). The van der Waals surface area contributed by atoms with Crippen LogP contribution in [0.5, 0.6) is 0 Å². The van der Waals surface area contributed by atoms with E-state index in [1.54, 1.807) is 4.90 Å². The molecule has 1 heterocycles. The van der Waals surface area contributed by atoms with E-state index in [1.165, 1.54) is 0 Å². The molecule has 1 aromatic rings. The van der Waals surface area contributed by atoms with E-state index in [4.69, 9.17) is 0 Å². The van der Waals surface area contributed by atoms with Crippen LogP contribution in [-0.2, 0) is 16.0 Å². The van der Waals surface area contributed by atoms with Gasteiger partial charge in [-0.05, 0) is 23.5 Å². The molecule has 1 aliphatic rings. The summed E-state index contributed by atoms with van der Waals surface area (Å²) in [6.45, 7) is 2.92. The summed E-state index contributed by atoms with van der Waals surface area (Å²) in [5, 5.41) is 2.70. The first-order valence-corrected chi connectivity index (χ1v) is 8.56. The molecule has 1 aromatic carbocycles. The first-order chi connectivity index (χ1) is 10.2. The quantitative estimate of drug-likeness (QED) is 0.780. The number of amides is 2. The minimum Gasteiger partial charge on any atom is -0.345 e. The molecule has 0 spiro atoms. The van der Waals surface area contributed by atoms with E-state index < -0.39 is 0 Å². The molecule has 1 unspecified atom stereocenters. The fourth-order valence-electron chi connectivity index (χ4n) is 2.50. The Balaban J connectivity index is 2.01. The third kappa shape index (κ3) is 4.49. The minimum atomic E-state index is -0.375. The zero-order valence-electron chi connectivity index (χ0n) is 12.4. The van der Waals surface area contributed by atoms with Crippen molar-refractivity contribution in [3.05, 3.63) is 35.9 Å². The summed E-state index contributed by atoms with van der Waals surface area (Å²) in [5.41, 5.74) is 1.08. The second-order valence-electron chi connectivity index (χ2n) is 5.06. The van der Waals surface area contributed by atoms with Crippen molar-refractivity contribution in [3.8, 4) is 0 Å². The van der Waals surface area contributed by atoms with Gasteiger partial charge in [0.2, 0.25) is 11.8 Å². The number of hydrogen-bond acceptors (Lipinski definition) is 3. The van der Waals surface area contributed by atoms with Crippen LogP contribution in [-0.4, -0.2) is 47.4 Å². The van der Waals surface area contributed by atoms with Gasteiger partial charge in [-0.15, -0.1) is 0 Å². The first kappa shape index (κ1) is 15.9. The molecular formula is C16H22N2O2S. The molecule has 0 aromatic heterocycles. The molecule has 1 aliphatic heterocycles. The Morgan fingerprint density at radius 2 is 2.05 bits per heavy atom. The number of rotatable bonds is 7. The van der Waals surface area contributed by atoms with Crippen molar-refractivity contribution in [1.82, 2.24) is 10.2 Å². The van der Waals surface area contributed by atoms with Crippen molar-refractivity contribution in [2.45, 2.75) is 25.8 Å². The average molecular weight is 306 g/mol. The molecule has 0 radical (unpaired) electrons. The number of carbonyl (C=O) groups is 2. The summed E-state index contributed by atoms with van der Waals surface area (Å²) in [6.07, 6.45) is 1.52. The van der Waals surface area contributed by atoms with E-state index >= 15 is 0 Å². The molecule has 1 atom stereocenters. The van der Waals surface area contributed by atoms with Gasteiger partial charge in [0.1, 0.15) is 6.04 Å². The Labute approximate surface area is 130 Å². The minimum absolute atomic E-state index is 0.0250. The van der Waals surface area contributed by atoms with Crippen LogP contribution in [0.4, 0.5) is 0 Å². The Morgan fingerprint density at radius 3 is 2.76 bits per heavy atom. The predicted molar refractivity (Wildman–Crippen MR) is 86.3 cm³/mol. The highest BCUT2D eigenvalue weighted by Gasteiger charge is 2.33. The molecule has 1 N–H and O–H groups in total. The highest BCUT2D eigenvalue weighted by molar-refractivity contribution is 7.99. The molecular weight excluding hydrogens is 284 g/mol. The molecule has 2 rings (SSSR count). The number of nitrogens with zero attached hydrogens (tertiary/aromatic N) is 1. The number of nitrogens with one attached hydrogen (secondary N) is 1. The van der Waals surface area contributed by atoms with Gasteiger partial charge >= 0.3 is 0 Å². The van der Waals surface area contributed by atoms with E-state index in [-0.39, 0.29) is 24.4 Å². The molecule has 0 saturated carbocycles. The zero-order valence-corrected chi connectivity index (χ0v) is 13.2. The second kappa shape index (κ2) is 8.08. The summed E-state index contributed by atoms with van der Waals surface area (Å²) >= 11 is 1.87. The van der Waals surface area contributed by atoms with E-state index in [2.05, 4.69) is 12.2 Å². The molecule has 114 valence electrons. The molecule has 1 saturated heterocycles. The van der Waals surface area contributed by atoms with Gasteiger partial charge in [0.25, 0.3) is 0 Å². The molecule has 2 amide bonds. The van der Waals surface area contributed by atoms with Crippen molar-refractivity contribution in [2.75, 3.05) is 24.6 Å². The van der Waals surface area contributed by atoms with Crippen LogP contribution in [0.3, 0.4) is 0 Å². The zero-order chi connectivity index (χ0) is 15.1. The molecule has 0 bridgehead atoms. The number of carbonyl (C=O) groups excluding carboxylic acids is 2. The maximum atomic E-state index is 12.1. The second-order valence-corrected chi connectivity index (χ2v) is 6.45. The largest absolute Gasteiger partial charge is 0.345 e. The number of benzene rings is 1. The average Bonchev–Trinajstić information content (AvgIpc) is 2.51. The van der Waals surface area contributed by atoms with Gasteiger partial charge in [0.15, 0.2) is 0 Å². The van der Waals surface area contributed by atoms with Crippen molar-refractivity contribution >= 4 is 23.6 Å². The van der Waals surface area contributed by atoms with Crippen LogP contribution in [0.1, 0.15) is 18.9 Å². The third-order valence-corrected chi connectivity index (χ3v) is 4.56. The fourth-order valence-corrected chi connectivity index (χ4v) is 3.12. The van der Waals surface area contributed by atoms with Gasteiger partial charge in [-0.1, -0.05) is 37.3 Å². The van der Waals surface area contributed by atoms with Gasteiger partial charge in [-0.25, -0.2) is 0 Å². The van der Waals surface area contributed by atoms with Crippen LogP contribution < -0.4 is 5.32 Å². The summed E-state index contributed by atoms with van der Waals surface area (Å²) < 4.78 is 0. The van der Waals surface area contributed by atoms with Crippen LogP contribution in [0.25, 0.3) is 0 Å². The van der Waals surface area contributed by atoms with Crippen molar-refractivity contribution in [3.63, 3.8) is 0 Å². The maximum absolute atomic E-state index is 12.1. The van der Waals surface area contributed by atoms with Crippen LogP contribution in [0, 0.1) is 0 Å². The summed E-state index contributed by atoms with van der Waals surface area (Å²) in [7, 11) is 0. The Bertz CT molecular complexity index is 478. The van der Waals surface area contributed by atoms with Crippen LogP contribution in [0.2, 0.25) is 0 Å². The number of thioether (sulfide) groups is 1. The smallest absolute Gasteiger partial charge is 0.243 e. The van der Waals surface area contributed by atoms with Gasteiger partial charge in [0.05, 0.1) is 6.54 Å². The van der Waals surface area contributed by atoms with Gasteiger partial charge in [-0.2, -0.15) is 11.8 Å². The topological polar surface area (TPSA) is 49.4 Å². The molecule has 21 heavy (non-hydrogen) atoms. The number of hydrogen-bond donors (Lipinski definition) is 1. The van der Waals surface area contributed by atoms with Gasteiger partial charge in [-0.3, -0.25) is 9.59 Å². The lowest BCUT2D eigenvalue weighted by Crippen LogP contribution is -2.59. The first-order valence-electron chi connectivity index (χ1n) is 7.41. The lowest BCUT2D eigenvalue weighted by molar-refractivity contribution is -0.145. The van der Waals surface area contributed by atoms with Crippen molar-refractivity contribution < 1.29 is 9.59 Å². The monoisotopic (exact) mass is 306 g/mol. The predicted octanol–water partition coefficient (Wildman–Crippen LogP) is 1.70. The van der Waals surface area contributed by atoms with E-state index in [9.17, 15) is 9.59 Å². The van der Waals surface area contributed by atoms with Crippen molar-refractivity contribution in [1.29, 1.82) is 0 Å². The Hall–Kier alpha value is -1.49. The molecule has 1 fully saturated rings. The van der Waals surface area contributed by atoms with E-state index in [0.717, 1.165) is 23.5 Å². The Morgan fingerprint density at radius 1 is 1.29 bits per heavy atom. The lowest BCUT2D eigenvalue weighted by Gasteiger charge is -2.35. The molecule has 5 heteroatoms. The van der Waals surface area contributed by atoms with Crippen molar-refractivity contribution in [2.24, 2.45) is 0 Å². The lowest BCUT2D eigenvalue weighted by atomic mass is 10.0. The highest BCUT2D eigenvalue weighted by atomic mass is 32.2. The van der Waals surface area contributed by atoms with Crippen LogP contribution >= 0.6 is 11.8 Å². The summed E-state index contributed by atoms with van der Waals surface area (Å²) in [4.78, 5) is 26.0. The van der Waals surface area contributed by atoms with E-state index in [0.29, 0.717) is 13.0 Å². The Kier molecular flexibility index (Phi) is 6.11. The summed E-state index contributed by atoms with van der Waals surface area (Å²) in [5.74, 6) is 2.10.